The molecular weight excluding hydrogens is 272 g/mol. The largest absolute Gasteiger partial charge is 0.339 e. The minimum atomic E-state index is -1.12. The molecule has 0 bridgehead atoms. The molecule has 4 rings (SSSR count). The fourth-order valence-electron chi connectivity index (χ4n) is 2.83. The van der Waals surface area contributed by atoms with Crippen molar-refractivity contribution in [3.63, 3.8) is 0 Å². The van der Waals surface area contributed by atoms with Crippen molar-refractivity contribution < 1.29 is 19.1 Å². The van der Waals surface area contributed by atoms with Gasteiger partial charge in [0, 0.05) is 10.9 Å². The lowest BCUT2D eigenvalue weighted by Gasteiger charge is -2.29. The zero-order valence-electron chi connectivity index (χ0n) is 10.8. The summed E-state index contributed by atoms with van der Waals surface area (Å²) < 4.78 is 5.26. The molecule has 0 radical (unpaired) electrons. The summed E-state index contributed by atoms with van der Waals surface area (Å²) in [5.74, 6) is -1.42. The lowest BCUT2D eigenvalue weighted by atomic mass is 10.1. The predicted molar refractivity (Wildman–Crippen MR) is 73.6 cm³/mol. The summed E-state index contributed by atoms with van der Waals surface area (Å²) in [4.78, 5) is 37.0. The molecule has 1 atom stereocenters. The third kappa shape index (κ3) is 1.59. The Morgan fingerprint density at radius 3 is 2.62 bits per heavy atom. The Hall–Kier alpha value is -2.73. The van der Waals surface area contributed by atoms with Gasteiger partial charge in [0.05, 0.1) is 5.69 Å². The molecule has 0 aromatic heterocycles. The van der Waals surface area contributed by atoms with Gasteiger partial charge in [-0.1, -0.05) is 24.3 Å². The van der Waals surface area contributed by atoms with Crippen molar-refractivity contribution in [3.05, 3.63) is 42.0 Å². The quantitative estimate of drug-likeness (QED) is 0.785. The van der Waals surface area contributed by atoms with Crippen LogP contribution in [-0.4, -0.2) is 30.6 Å². The van der Waals surface area contributed by atoms with Gasteiger partial charge in [-0.25, -0.2) is 0 Å². The highest BCUT2D eigenvalue weighted by atomic mass is 16.5. The van der Waals surface area contributed by atoms with Crippen LogP contribution in [0.2, 0.25) is 0 Å². The maximum Gasteiger partial charge on any atom is 0.277 e. The summed E-state index contributed by atoms with van der Waals surface area (Å²) in [6.07, 6.45) is -1.12. The second kappa shape index (κ2) is 4.13. The average molecular weight is 282 g/mol. The number of amides is 3. The number of imide groups is 1. The van der Waals surface area contributed by atoms with Crippen LogP contribution in [0.3, 0.4) is 0 Å². The summed E-state index contributed by atoms with van der Waals surface area (Å²) in [7, 11) is 0. The Morgan fingerprint density at radius 1 is 1.10 bits per heavy atom. The number of hydrogen-bond acceptors (Lipinski definition) is 4. The molecule has 2 aromatic carbocycles. The highest BCUT2D eigenvalue weighted by Gasteiger charge is 2.41. The first kappa shape index (κ1) is 12.0. The lowest BCUT2D eigenvalue weighted by Crippen LogP contribution is -2.56. The van der Waals surface area contributed by atoms with E-state index < -0.39 is 18.0 Å². The summed E-state index contributed by atoms with van der Waals surface area (Å²) in [6, 6.07) is 10.9. The molecule has 0 spiro atoms. The monoisotopic (exact) mass is 282 g/mol. The number of carbonyl (C=O) groups excluding carboxylic acids is 3. The molecule has 0 saturated carbocycles. The number of benzene rings is 2. The fourth-order valence-corrected chi connectivity index (χ4v) is 2.83. The van der Waals surface area contributed by atoms with Crippen molar-refractivity contribution in [2.45, 2.75) is 6.23 Å². The first-order chi connectivity index (χ1) is 10.2. The second-order valence-electron chi connectivity index (χ2n) is 4.93. The highest BCUT2D eigenvalue weighted by Crippen LogP contribution is 2.38. The average Bonchev–Trinajstić information content (AvgIpc) is 2.75. The molecule has 1 unspecified atom stereocenters. The van der Waals surface area contributed by atoms with Crippen LogP contribution in [0, 0.1) is 0 Å². The first-order valence-electron chi connectivity index (χ1n) is 6.47. The van der Waals surface area contributed by atoms with Gasteiger partial charge in [0.1, 0.15) is 6.61 Å². The zero-order chi connectivity index (χ0) is 14.6. The Labute approximate surface area is 119 Å². The van der Waals surface area contributed by atoms with Gasteiger partial charge < -0.3 is 4.74 Å². The van der Waals surface area contributed by atoms with Gasteiger partial charge in [0.25, 0.3) is 17.7 Å². The minimum Gasteiger partial charge on any atom is -0.339 e. The number of nitrogens with zero attached hydrogens (tertiary/aromatic N) is 1. The summed E-state index contributed by atoms with van der Waals surface area (Å²) >= 11 is 0. The first-order valence-corrected chi connectivity index (χ1v) is 6.47. The fraction of sp³-hybridized carbons (Fsp3) is 0.133. The number of carbonyl (C=O) groups is 3. The van der Waals surface area contributed by atoms with Crippen LogP contribution in [0.25, 0.3) is 10.8 Å². The van der Waals surface area contributed by atoms with Gasteiger partial charge in [0.2, 0.25) is 6.23 Å². The Balaban J connectivity index is 1.86. The molecule has 3 amide bonds. The summed E-state index contributed by atoms with van der Waals surface area (Å²) in [5.41, 5.74) is 1.17. The number of anilines is 1. The number of ether oxygens (including phenoxy) is 1. The molecule has 2 heterocycles. The van der Waals surface area contributed by atoms with Crippen molar-refractivity contribution in [2.75, 3.05) is 11.5 Å². The van der Waals surface area contributed by atoms with Crippen LogP contribution in [0.4, 0.5) is 5.69 Å². The van der Waals surface area contributed by atoms with Crippen molar-refractivity contribution >= 4 is 34.2 Å². The van der Waals surface area contributed by atoms with Crippen LogP contribution < -0.4 is 10.2 Å². The van der Waals surface area contributed by atoms with Gasteiger partial charge in [-0.15, -0.1) is 0 Å². The van der Waals surface area contributed by atoms with Gasteiger partial charge in [0.15, 0.2) is 0 Å². The SMILES string of the molecule is O=C1COC(N2C(=O)c3cccc4cccc2c34)C(=O)N1. The van der Waals surface area contributed by atoms with Crippen molar-refractivity contribution in [1.82, 2.24) is 5.32 Å². The van der Waals surface area contributed by atoms with Gasteiger partial charge in [-0.2, -0.15) is 0 Å². The number of hydrogen-bond donors (Lipinski definition) is 1. The van der Waals surface area contributed by atoms with Crippen molar-refractivity contribution in [1.29, 1.82) is 0 Å². The zero-order valence-corrected chi connectivity index (χ0v) is 10.8. The number of rotatable bonds is 1. The molecular formula is C15H10N2O4. The maximum atomic E-state index is 12.6. The van der Waals surface area contributed by atoms with Crippen LogP contribution in [-0.2, 0) is 14.3 Å². The Morgan fingerprint density at radius 2 is 1.86 bits per heavy atom. The van der Waals surface area contributed by atoms with Crippen LogP contribution in [0.1, 0.15) is 10.4 Å². The topological polar surface area (TPSA) is 75.7 Å². The predicted octanol–water partition coefficient (Wildman–Crippen LogP) is 0.799. The molecule has 21 heavy (non-hydrogen) atoms. The van der Waals surface area contributed by atoms with Crippen LogP contribution >= 0.6 is 0 Å². The van der Waals surface area contributed by atoms with E-state index in [1.165, 1.54) is 4.90 Å². The molecule has 6 heteroatoms. The van der Waals surface area contributed by atoms with E-state index in [1.807, 2.05) is 18.2 Å². The maximum absolute atomic E-state index is 12.6. The Bertz CT molecular complexity index is 809. The molecule has 2 aromatic rings. The molecule has 1 fully saturated rings. The Kier molecular flexibility index (Phi) is 2.37. The minimum absolute atomic E-state index is 0.244. The van der Waals surface area contributed by atoms with Gasteiger partial charge in [-0.3, -0.25) is 24.6 Å². The van der Waals surface area contributed by atoms with Gasteiger partial charge in [-0.05, 0) is 17.5 Å². The molecule has 1 N–H and O–H groups in total. The van der Waals surface area contributed by atoms with E-state index in [0.717, 1.165) is 10.8 Å². The molecule has 0 aliphatic carbocycles. The van der Waals surface area contributed by atoms with E-state index >= 15 is 0 Å². The molecule has 6 nitrogen and oxygen atoms in total. The molecule has 2 aliphatic heterocycles. The van der Waals surface area contributed by atoms with E-state index in [4.69, 9.17) is 4.74 Å². The highest BCUT2D eigenvalue weighted by molar-refractivity contribution is 6.26. The smallest absolute Gasteiger partial charge is 0.277 e. The third-order valence-electron chi connectivity index (χ3n) is 3.69. The van der Waals surface area contributed by atoms with E-state index in [1.54, 1.807) is 18.2 Å². The summed E-state index contributed by atoms with van der Waals surface area (Å²) in [5, 5.41) is 3.92. The summed E-state index contributed by atoms with van der Waals surface area (Å²) in [6.45, 7) is -0.244. The molecule has 104 valence electrons. The normalized spacial score (nSPS) is 21.0. The van der Waals surface area contributed by atoms with Crippen molar-refractivity contribution in [2.24, 2.45) is 0 Å². The van der Waals surface area contributed by atoms with Crippen LogP contribution in [0.15, 0.2) is 36.4 Å². The van der Waals surface area contributed by atoms with E-state index in [-0.39, 0.29) is 12.5 Å². The lowest BCUT2D eigenvalue weighted by molar-refractivity contribution is -0.149. The number of morpholine rings is 1. The van der Waals surface area contributed by atoms with E-state index in [2.05, 4.69) is 5.32 Å². The van der Waals surface area contributed by atoms with E-state index in [0.29, 0.717) is 11.3 Å². The van der Waals surface area contributed by atoms with E-state index in [9.17, 15) is 14.4 Å². The molecule has 1 saturated heterocycles. The van der Waals surface area contributed by atoms with Gasteiger partial charge >= 0.3 is 0 Å². The second-order valence-corrected chi connectivity index (χ2v) is 4.93. The van der Waals surface area contributed by atoms with Crippen molar-refractivity contribution in [3.8, 4) is 0 Å². The number of nitrogens with one attached hydrogen (secondary N) is 1. The third-order valence-corrected chi connectivity index (χ3v) is 3.69. The molecule has 2 aliphatic rings. The standard InChI is InChI=1S/C15H10N2O4/c18-11-7-21-15(13(19)16-11)17-10-6-2-4-8-3-1-5-9(12(8)10)14(17)20/h1-6,15H,7H2,(H,16,18,19). The van der Waals surface area contributed by atoms with Crippen LogP contribution in [0.5, 0.6) is 0 Å².